The Morgan fingerprint density at radius 1 is 0.453 bits per heavy atom. The average molecular weight is 1080 g/mol. The normalized spacial score (nSPS) is 14.2. The third-order valence-corrected chi connectivity index (χ3v) is 16.6. The Bertz CT molecular complexity index is 1250. The van der Waals surface area contributed by atoms with Crippen LogP contribution < -0.4 is 5.32 Å². The third kappa shape index (κ3) is 57.7. The first-order valence-corrected chi connectivity index (χ1v) is 34.6. The van der Waals surface area contributed by atoms with E-state index < -0.39 is 32.7 Å². The summed E-state index contributed by atoms with van der Waals surface area (Å²) in [6.45, 7) is 4.65. The summed E-state index contributed by atoms with van der Waals surface area (Å²) in [6, 6.07) is -1.03. The zero-order valence-corrected chi connectivity index (χ0v) is 51.8. The molecular formula is C65H132N2O7P+. The lowest BCUT2D eigenvalue weighted by atomic mass is 9.99. The van der Waals surface area contributed by atoms with Crippen LogP contribution in [0.3, 0.4) is 0 Å². The van der Waals surface area contributed by atoms with E-state index in [-0.39, 0.29) is 12.5 Å². The molecule has 10 heteroatoms. The maximum absolute atomic E-state index is 13.0. The quantitative estimate of drug-likeness (QED) is 0.0207. The fraction of sp³-hybridized carbons (Fsp3) is 0.954. The van der Waals surface area contributed by atoms with Gasteiger partial charge in [-0.25, -0.2) is 4.57 Å². The third-order valence-electron chi connectivity index (χ3n) is 15.6. The van der Waals surface area contributed by atoms with Gasteiger partial charge in [-0.3, -0.25) is 13.8 Å². The van der Waals surface area contributed by atoms with E-state index in [1.165, 1.54) is 276 Å². The van der Waals surface area contributed by atoms with Crippen LogP contribution in [0, 0.1) is 0 Å². The van der Waals surface area contributed by atoms with Crippen LogP contribution in [0.5, 0.6) is 0 Å². The summed E-state index contributed by atoms with van der Waals surface area (Å²) in [5, 5.41) is 24.9. The van der Waals surface area contributed by atoms with Gasteiger partial charge in [0.25, 0.3) is 0 Å². The molecule has 0 aliphatic heterocycles. The van der Waals surface area contributed by atoms with Gasteiger partial charge in [0.1, 0.15) is 19.3 Å². The number of likely N-dealkylation sites (N-methyl/N-ethyl adjacent to an activating group) is 1. The fourth-order valence-electron chi connectivity index (χ4n) is 10.4. The zero-order chi connectivity index (χ0) is 55.0. The molecule has 0 aromatic carbocycles. The lowest BCUT2D eigenvalue weighted by molar-refractivity contribution is -0.870. The molecule has 4 atom stereocenters. The van der Waals surface area contributed by atoms with E-state index in [1.54, 1.807) is 0 Å². The minimum absolute atomic E-state index is 0.0253. The number of nitrogens with one attached hydrogen (secondary N) is 1. The van der Waals surface area contributed by atoms with Crippen molar-refractivity contribution in [1.29, 1.82) is 0 Å². The highest BCUT2D eigenvalue weighted by Crippen LogP contribution is 2.43. The van der Waals surface area contributed by atoms with Crippen LogP contribution in [0.25, 0.3) is 0 Å². The zero-order valence-electron chi connectivity index (χ0n) is 50.9. The summed E-state index contributed by atoms with van der Waals surface area (Å²) >= 11 is 0. The number of hydrogen-bond acceptors (Lipinski definition) is 6. The molecule has 0 saturated carbocycles. The molecule has 9 nitrogen and oxygen atoms in total. The Labute approximate surface area is 467 Å². The molecule has 0 spiro atoms. The van der Waals surface area contributed by atoms with Crippen molar-refractivity contribution in [2.45, 2.75) is 360 Å². The number of hydrogen-bond donors (Lipinski definition) is 4. The lowest BCUT2D eigenvalue weighted by Crippen LogP contribution is -2.51. The molecule has 0 fully saturated rings. The van der Waals surface area contributed by atoms with E-state index >= 15 is 0 Å². The summed E-state index contributed by atoms with van der Waals surface area (Å²) in [4.78, 5) is 23.4. The molecule has 0 aromatic rings. The highest BCUT2D eigenvalue weighted by atomic mass is 31.2. The molecule has 4 N–H and O–H groups in total. The van der Waals surface area contributed by atoms with Crippen LogP contribution in [-0.2, 0) is 18.4 Å². The summed E-state index contributed by atoms with van der Waals surface area (Å²) in [6.07, 6.45) is 67.8. The largest absolute Gasteiger partial charge is 0.472 e. The fourth-order valence-corrected chi connectivity index (χ4v) is 11.1. The second kappa shape index (κ2) is 56.5. The number of unbranched alkanes of at least 4 members (excludes halogenated alkanes) is 46. The van der Waals surface area contributed by atoms with Crippen LogP contribution >= 0.6 is 7.82 Å². The van der Waals surface area contributed by atoms with Crippen molar-refractivity contribution in [2.24, 2.45) is 0 Å². The number of aliphatic hydroxyl groups is 2. The van der Waals surface area contributed by atoms with Gasteiger partial charge in [-0.15, -0.1) is 0 Å². The van der Waals surface area contributed by atoms with Crippen molar-refractivity contribution < 1.29 is 38.0 Å². The standard InChI is InChI=1S/C65H131N2O7P/c1-6-8-10-12-14-16-18-20-21-22-23-24-25-26-27-28-29-30-31-32-33-34-35-36-37-38-39-40-41-42-43-44-45-46-48-50-52-54-56-58-64(69)66-62(61-74-75(71,72)73-60-59-67(3,4)5)65(70)63(68)57-55-53-51-49-47-19-17-15-13-11-9-7-2/h22-23,62-63,65,68,70H,6-21,24-61H2,1-5H3,(H-,66,69,71,72)/p+1/b23-22-. The van der Waals surface area contributed by atoms with Crippen molar-refractivity contribution in [3.05, 3.63) is 12.2 Å². The Hall–Kier alpha value is -0.800. The number of aliphatic hydroxyl groups excluding tert-OH is 2. The summed E-state index contributed by atoms with van der Waals surface area (Å²) in [5.41, 5.74) is 0. The first-order chi connectivity index (χ1) is 36.4. The highest BCUT2D eigenvalue weighted by molar-refractivity contribution is 7.47. The molecule has 1 amide bonds. The van der Waals surface area contributed by atoms with Gasteiger partial charge in [-0.2, -0.15) is 0 Å². The van der Waals surface area contributed by atoms with Crippen LogP contribution in [-0.4, -0.2) is 84.6 Å². The summed E-state index contributed by atoms with van der Waals surface area (Å²) in [5.74, 6) is -0.251. The van der Waals surface area contributed by atoms with Gasteiger partial charge >= 0.3 is 7.82 Å². The second-order valence-corrected chi connectivity index (χ2v) is 25.8. The van der Waals surface area contributed by atoms with E-state index in [0.29, 0.717) is 23.9 Å². The number of quaternary nitrogens is 1. The van der Waals surface area contributed by atoms with E-state index in [9.17, 15) is 24.5 Å². The van der Waals surface area contributed by atoms with E-state index in [4.69, 9.17) is 9.05 Å². The Morgan fingerprint density at radius 2 is 0.747 bits per heavy atom. The first kappa shape index (κ1) is 74.2. The van der Waals surface area contributed by atoms with Gasteiger partial charge in [0.2, 0.25) is 5.91 Å². The molecule has 75 heavy (non-hydrogen) atoms. The minimum Gasteiger partial charge on any atom is -0.390 e. The monoisotopic (exact) mass is 1080 g/mol. The SMILES string of the molecule is CCCCCCCCCC/C=C\CCCCCCCCCCCCCCCCCCCCCCCCCCCCCC(=O)NC(COP(=O)(O)OCC[N+](C)(C)C)C(O)C(O)CCCCCCCCCCCCCC. The maximum atomic E-state index is 13.0. The lowest BCUT2D eigenvalue weighted by Gasteiger charge is -2.28. The molecule has 4 unspecified atom stereocenters. The summed E-state index contributed by atoms with van der Waals surface area (Å²) in [7, 11) is 1.45. The van der Waals surface area contributed by atoms with Crippen LogP contribution in [0.15, 0.2) is 12.2 Å². The van der Waals surface area contributed by atoms with E-state index in [0.717, 1.165) is 38.5 Å². The van der Waals surface area contributed by atoms with Crippen molar-refractivity contribution in [3.63, 3.8) is 0 Å². The molecule has 0 aliphatic rings. The maximum Gasteiger partial charge on any atom is 0.472 e. The van der Waals surface area contributed by atoms with Crippen molar-refractivity contribution in [3.8, 4) is 0 Å². The van der Waals surface area contributed by atoms with Crippen molar-refractivity contribution in [2.75, 3.05) is 40.9 Å². The molecule has 0 heterocycles. The Balaban J connectivity index is 3.88. The highest BCUT2D eigenvalue weighted by Gasteiger charge is 2.32. The number of phosphoric ester groups is 1. The van der Waals surface area contributed by atoms with Crippen LogP contribution in [0.4, 0.5) is 0 Å². The molecule has 0 saturated heterocycles. The Kier molecular flexibility index (Phi) is 55.9. The molecular weight excluding hydrogens is 952 g/mol. The van der Waals surface area contributed by atoms with Gasteiger partial charge in [0, 0.05) is 6.42 Å². The van der Waals surface area contributed by atoms with Crippen molar-refractivity contribution in [1.82, 2.24) is 5.32 Å². The molecule has 0 aliphatic carbocycles. The number of amides is 1. The smallest absolute Gasteiger partial charge is 0.390 e. The van der Waals surface area contributed by atoms with Crippen LogP contribution in [0.1, 0.15) is 341 Å². The summed E-state index contributed by atoms with van der Waals surface area (Å²) < 4.78 is 23.7. The topological polar surface area (TPSA) is 125 Å². The van der Waals surface area contributed by atoms with Gasteiger partial charge in [0.15, 0.2) is 0 Å². The van der Waals surface area contributed by atoms with E-state index in [2.05, 4.69) is 31.3 Å². The molecule has 0 radical (unpaired) electrons. The molecule has 448 valence electrons. The molecule has 0 aromatic heterocycles. The Morgan fingerprint density at radius 3 is 1.07 bits per heavy atom. The molecule has 0 bridgehead atoms. The van der Waals surface area contributed by atoms with Gasteiger partial charge < -0.3 is 24.9 Å². The van der Waals surface area contributed by atoms with Crippen LogP contribution in [0.2, 0.25) is 0 Å². The number of rotatable bonds is 62. The van der Waals surface area contributed by atoms with Gasteiger partial charge in [-0.05, 0) is 38.5 Å². The predicted molar refractivity (Wildman–Crippen MR) is 325 cm³/mol. The van der Waals surface area contributed by atoms with Gasteiger partial charge in [-0.1, -0.05) is 309 Å². The number of phosphoric acid groups is 1. The number of allylic oxidation sites excluding steroid dienone is 2. The van der Waals surface area contributed by atoms with Gasteiger partial charge in [0.05, 0.1) is 39.9 Å². The number of carbonyl (C=O) groups excluding carboxylic acids is 1. The second-order valence-electron chi connectivity index (χ2n) is 24.3. The van der Waals surface area contributed by atoms with Crippen molar-refractivity contribution >= 4 is 13.7 Å². The number of nitrogens with zero attached hydrogens (tertiary/aromatic N) is 1. The minimum atomic E-state index is -4.42. The number of carbonyl (C=O) groups is 1. The molecule has 0 rings (SSSR count). The van der Waals surface area contributed by atoms with E-state index in [1.807, 2.05) is 21.1 Å². The predicted octanol–water partition coefficient (Wildman–Crippen LogP) is 19.5. The average Bonchev–Trinajstić information content (AvgIpc) is 3.37. The first-order valence-electron chi connectivity index (χ1n) is 33.1.